The van der Waals surface area contributed by atoms with Crippen LogP contribution in [0.15, 0.2) is 41.3 Å². The smallest absolute Gasteiger partial charge is 0.240 e. The van der Waals surface area contributed by atoms with E-state index in [1.54, 1.807) is 19.1 Å². The van der Waals surface area contributed by atoms with E-state index in [4.69, 9.17) is 0 Å². The Bertz CT molecular complexity index is 937. The maximum atomic E-state index is 12.4. The number of aryl methyl sites for hydroxylation is 5. The minimum absolute atomic E-state index is 0.0820. The molecule has 0 aliphatic heterocycles. The van der Waals surface area contributed by atoms with Crippen LogP contribution in [0.5, 0.6) is 0 Å². The van der Waals surface area contributed by atoms with Crippen LogP contribution in [0.4, 0.5) is 0 Å². The molecule has 0 aliphatic carbocycles. The first-order valence-electron chi connectivity index (χ1n) is 9.59. The third-order valence-corrected chi connectivity index (χ3v) is 6.32. The number of carbonyl (C=O) groups is 1. The van der Waals surface area contributed by atoms with Gasteiger partial charge in [-0.15, -0.1) is 0 Å². The molecule has 0 aromatic heterocycles. The summed E-state index contributed by atoms with van der Waals surface area (Å²) in [4.78, 5) is 12.2. The number of sulfonamides is 1. The van der Waals surface area contributed by atoms with Crippen LogP contribution < -0.4 is 10.0 Å². The van der Waals surface area contributed by atoms with Gasteiger partial charge in [0.15, 0.2) is 0 Å². The van der Waals surface area contributed by atoms with E-state index in [1.807, 2.05) is 13.0 Å². The highest BCUT2D eigenvalue weighted by Gasteiger charge is 2.16. The molecular weight excluding hydrogens is 372 g/mol. The number of carbonyl (C=O) groups excluding carboxylic acids is 1. The quantitative estimate of drug-likeness (QED) is 0.632. The summed E-state index contributed by atoms with van der Waals surface area (Å²) in [7, 11) is -3.61. The van der Waals surface area contributed by atoms with Crippen molar-refractivity contribution in [3.8, 4) is 0 Å². The maximum absolute atomic E-state index is 12.4. The topological polar surface area (TPSA) is 75.3 Å². The Morgan fingerprint density at radius 2 is 1.57 bits per heavy atom. The van der Waals surface area contributed by atoms with Crippen LogP contribution in [0.1, 0.15) is 40.7 Å². The third-order valence-electron chi connectivity index (χ3n) is 4.72. The molecule has 0 aliphatic rings. The number of nitrogens with one attached hydrogen (secondary N) is 2. The third kappa shape index (κ3) is 6.46. The lowest BCUT2D eigenvalue weighted by Gasteiger charge is -2.11. The summed E-state index contributed by atoms with van der Waals surface area (Å²) in [6, 6.07) is 11.7. The van der Waals surface area contributed by atoms with Gasteiger partial charge in [-0.25, -0.2) is 13.1 Å². The van der Waals surface area contributed by atoms with E-state index in [1.165, 1.54) is 16.7 Å². The summed E-state index contributed by atoms with van der Waals surface area (Å²) in [6.45, 7) is 8.45. The van der Waals surface area contributed by atoms with Crippen LogP contribution in [0, 0.1) is 27.7 Å². The summed E-state index contributed by atoms with van der Waals surface area (Å²) in [5.41, 5.74) is 5.38. The molecule has 2 N–H and O–H groups in total. The van der Waals surface area contributed by atoms with Gasteiger partial charge < -0.3 is 5.32 Å². The lowest BCUT2D eigenvalue weighted by Crippen LogP contribution is -2.31. The van der Waals surface area contributed by atoms with Gasteiger partial charge >= 0.3 is 0 Å². The van der Waals surface area contributed by atoms with Gasteiger partial charge in [-0.2, -0.15) is 0 Å². The molecule has 0 saturated carbocycles. The Morgan fingerprint density at radius 1 is 0.893 bits per heavy atom. The van der Waals surface area contributed by atoms with Gasteiger partial charge in [-0.05, 0) is 68.9 Å². The van der Waals surface area contributed by atoms with Crippen molar-refractivity contribution >= 4 is 15.9 Å². The minimum Gasteiger partial charge on any atom is -0.356 e. The summed E-state index contributed by atoms with van der Waals surface area (Å²) in [6.07, 6.45) is 1.88. The van der Waals surface area contributed by atoms with Gasteiger partial charge in [0.2, 0.25) is 15.9 Å². The molecule has 0 fully saturated rings. The van der Waals surface area contributed by atoms with Crippen molar-refractivity contribution in [1.29, 1.82) is 0 Å². The zero-order chi connectivity index (χ0) is 20.7. The second kappa shape index (κ2) is 9.85. The highest BCUT2D eigenvalue weighted by Crippen LogP contribution is 2.16. The minimum atomic E-state index is -3.61. The summed E-state index contributed by atoms with van der Waals surface area (Å²) in [5, 5.41) is 2.86. The molecule has 152 valence electrons. The number of rotatable bonds is 9. The van der Waals surface area contributed by atoms with E-state index >= 15 is 0 Å². The van der Waals surface area contributed by atoms with Crippen molar-refractivity contribution in [2.45, 2.75) is 51.9 Å². The molecule has 2 aromatic rings. The van der Waals surface area contributed by atoms with Crippen LogP contribution in [0.3, 0.4) is 0 Å². The first kappa shape index (κ1) is 22.1. The largest absolute Gasteiger partial charge is 0.356 e. The Morgan fingerprint density at radius 3 is 2.29 bits per heavy atom. The summed E-state index contributed by atoms with van der Waals surface area (Å²) >= 11 is 0. The lowest BCUT2D eigenvalue weighted by atomic mass is 10.0. The second-order valence-electron chi connectivity index (χ2n) is 7.30. The monoisotopic (exact) mass is 402 g/mol. The van der Waals surface area contributed by atoms with E-state index in [0.29, 0.717) is 12.1 Å². The van der Waals surface area contributed by atoms with Crippen molar-refractivity contribution in [2.24, 2.45) is 0 Å². The highest BCUT2D eigenvalue weighted by atomic mass is 32.2. The SMILES string of the molecule is Cc1ccc(CCCNC(=O)CCNS(=O)(=O)c2cc(C)ccc2C)c(C)c1. The molecule has 0 radical (unpaired) electrons. The molecule has 0 unspecified atom stereocenters. The predicted octanol–water partition coefficient (Wildman–Crippen LogP) is 3.34. The van der Waals surface area contributed by atoms with E-state index in [2.05, 4.69) is 42.1 Å². The van der Waals surface area contributed by atoms with Crippen molar-refractivity contribution in [3.05, 3.63) is 64.2 Å². The average Bonchev–Trinajstić information content (AvgIpc) is 2.62. The van der Waals surface area contributed by atoms with Crippen LogP contribution >= 0.6 is 0 Å². The first-order chi connectivity index (χ1) is 13.2. The van der Waals surface area contributed by atoms with Crippen molar-refractivity contribution in [1.82, 2.24) is 10.0 Å². The molecule has 0 bridgehead atoms. The molecule has 6 heteroatoms. The number of hydrogen-bond acceptors (Lipinski definition) is 3. The molecule has 0 spiro atoms. The van der Waals surface area contributed by atoms with Crippen LogP contribution in [0.25, 0.3) is 0 Å². The zero-order valence-electron chi connectivity index (χ0n) is 17.1. The Labute approximate surface area is 168 Å². The Hall–Kier alpha value is -2.18. The van der Waals surface area contributed by atoms with Crippen molar-refractivity contribution in [2.75, 3.05) is 13.1 Å². The molecule has 1 amide bonds. The summed E-state index contributed by atoms with van der Waals surface area (Å²) < 4.78 is 27.3. The van der Waals surface area contributed by atoms with Crippen LogP contribution in [-0.4, -0.2) is 27.4 Å². The molecule has 0 saturated heterocycles. The second-order valence-corrected chi connectivity index (χ2v) is 9.04. The number of benzene rings is 2. The van der Waals surface area contributed by atoms with Gasteiger partial charge in [0.25, 0.3) is 0 Å². The van der Waals surface area contributed by atoms with E-state index in [9.17, 15) is 13.2 Å². The fraction of sp³-hybridized carbons (Fsp3) is 0.409. The van der Waals surface area contributed by atoms with Crippen LogP contribution in [-0.2, 0) is 21.2 Å². The van der Waals surface area contributed by atoms with E-state index in [-0.39, 0.29) is 23.8 Å². The Kier molecular flexibility index (Phi) is 7.78. The molecule has 0 atom stereocenters. The molecule has 2 rings (SSSR count). The first-order valence-corrected chi connectivity index (χ1v) is 11.1. The van der Waals surface area contributed by atoms with Gasteiger partial charge in [0.05, 0.1) is 4.90 Å². The van der Waals surface area contributed by atoms with Gasteiger partial charge in [0, 0.05) is 19.5 Å². The standard InChI is InChI=1S/C22H30N2O3S/c1-16-8-10-20(19(4)14-16)6-5-12-23-22(25)11-13-24-28(26,27)21-15-17(2)7-9-18(21)3/h7-10,14-15,24H,5-6,11-13H2,1-4H3,(H,23,25). The molecular formula is C22H30N2O3S. The van der Waals surface area contributed by atoms with Crippen LogP contribution in [0.2, 0.25) is 0 Å². The number of hydrogen-bond donors (Lipinski definition) is 2. The van der Waals surface area contributed by atoms with Gasteiger partial charge in [-0.3, -0.25) is 4.79 Å². The normalized spacial score (nSPS) is 11.4. The lowest BCUT2D eigenvalue weighted by molar-refractivity contribution is -0.120. The number of amides is 1. The van der Waals surface area contributed by atoms with E-state index < -0.39 is 10.0 Å². The fourth-order valence-electron chi connectivity index (χ4n) is 3.09. The van der Waals surface area contributed by atoms with E-state index in [0.717, 1.165) is 18.4 Å². The van der Waals surface area contributed by atoms with Gasteiger partial charge in [-0.1, -0.05) is 35.9 Å². The molecule has 28 heavy (non-hydrogen) atoms. The van der Waals surface area contributed by atoms with Crippen molar-refractivity contribution < 1.29 is 13.2 Å². The maximum Gasteiger partial charge on any atom is 0.240 e. The summed E-state index contributed by atoms with van der Waals surface area (Å²) in [5.74, 6) is -0.149. The molecule has 2 aromatic carbocycles. The highest BCUT2D eigenvalue weighted by molar-refractivity contribution is 7.89. The molecule has 0 heterocycles. The molecule has 5 nitrogen and oxygen atoms in total. The zero-order valence-corrected chi connectivity index (χ0v) is 17.9. The predicted molar refractivity (Wildman–Crippen MR) is 113 cm³/mol. The average molecular weight is 403 g/mol. The van der Waals surface area contributed by atoms with Crippen molar-refractivity contribution in [3.63, 3.8) is 0 Å². The Balaban J connectivity index is 1.73. The van der Waals surface area contributed by atoms with Gasteiger partial charge in [0.1, 0.15) is 0 Å². The fourth-order valence-corrected chi connectivity index (χ4v) is 4.45.